The minimum absolute atomic E-state index is 0.0365. The van der Waals surface area contributed by atoms with E-state index in [0.717, 1.165) is 16.6 Å². The first-order chi connectivity index (χ1) is 7.59. The van der Waals surface area contributed by atoms with E-state index >= 15 is 0 Å². The number of rotatable bonds is 3. The van der Waals surface area contributed by atoms with E-state index in [1.807, 2.05) is 11.4 Å². The average molecular weight is 254 g/mol. The monoisotopic (exact) mass is 254 g/mol. The Kier molecular flexibility index (Phi) is 3.25. The number of thiophene rings is 1. The van der Waals surface area contributed by atoms with Crippen LogP contribution in [0.2, 0.25) is 0 Å². The van der Waals surface area contributed by atoms with Gasteiger partial charge in [-0.25, -0.2) is 0 Å². The molecule has 2 rings (SSSR count). The lowest BCUT2D eigenvalue weighted by Crippen LogP contribution is -2.22. The third-order valence-electron chi connectivity index (χ3n) is 2.52. The molecule has 0 fully saturated rings. The Morgan fingerprint density at radius 1 is 1.56 bits per heavy atom. The summed E-state index contributed by atoms with van der Waals surface area (Å²) in [5.74, 6) is 0.570. The molecule has 0 saturated carbocycles. The number of nitrogens with zero attached hydrogens (tertiary/aromatic N) is 1. The molecule has 0 saturated heterocycles. The molecule has 0 aliphatic rings. The van der Waals surface area contributed by atoms with Crippen molar-refractivity contribution in [3.05, 3.63) is 26.6 Å². The average Bonchev–Trinajstić information content (AvgIpc) is 2.64. The summed E-state index contributed by atoms with van der Waals surface area (Å²) in [7, 11) is 0. The fraction of sp³-hybridized carbons (Fsp3) is 0.455. The Balaban J connectivity index is 2.52. The lowest BCUT2D eigenvalue weighted by Gasteiger charge is -2.08. The van der Waals surface area contributed by atoms with Crippen molar-refractivity contribution in [2.45, 2.75) is 26.8 Å². The van der Waals surface area contributed by atoms with Crippen molar-refractivity contribution >= 4 is 33.8 Å². The molecule has 3 nitrogen and oxygen atoms in total. The van der Waals surface area contributed by atoms with Gasteiger partial charge < -0.3 is 4.98 Å². The van der Waals surface area contributed by atoms with E-state index in [0.29, 0.717) is 17.2 Å². The zero-order valence-corrected chi connectivity index (χ0v) is 11.0. The Labute approximate surface area is 103 Å². The van der Waals surface area contributed by atoms with Crippen LogP contribution in [0.4, 0.5) is 0 Å². The molecule has 0 aliphatic carbocycles. The van der Waals surface area contributed by atoms with E-state index in [-0.39, 0.29) is 5.56 Å². The van der Waals surface area contributed by atoms with Gasteiger partial charge in [0.2, 0.25) is 0 Å². The van der Waals surface area contributed by atoms with Crippen molar-refractivity contribution in [2.24, 2.45) is 5.92 Å². The minimum Gasteiger partial charge on any atom is -0.331 e. The predicted octanol–water partition coefficient (Wildman–Crippen LogP) is 3.17. The highest BCUT2D eigenvalue weighted by Gasteiger charge is 2.06. The van der Waals surface area contributed by atoms with Gasteiger partial charge in [-0.05, 0) is 36.0 Å². The van der Waals surface area contributed by atoms with Crippen LogP contribution in [-0.4, -0.2) is 9.55 Å². The number of aromatic amines is 1. The third kappa shape index (κ3) is 2.10. The molecule has 16 heavy (non-hydrogen) atoms. The maximum absolute atomic E-state index is 12.1. The van der Waals surface area contributed by atoms with E-state index in [9.17, 15) is 4.79 Å². The molecule has 2 aromatic rings. The molecule has 0 atom stereocenters. The zero-order chi connectivity index (χ0) is 11.7. The summed E-state index contributed by atoms with van der Waals surface area (Å²) in [5.41, 5.74) is 0.884. The summed E-state index contributed by atoms with van der Waals surface area (Å²) in [6, 6.07) is 1.89. The molecule has 2 aromatic heterocycles. The molecule has 0 spiro atoms. The molecule has 86 valence electrons. The summed E-state index contributed by atoms with van der Waals surface area (Å²) < 4.78 is 2.95. The Morgan fingerprint density at radius 3 is 3.00 bits per heavy atom. The van der Waals surface area contributed by atoms with Crippen LogP contribution in [0.15, 0.2) is 16.2 Å². The largest absolute Gasteiger partial charge is 0.331 e. The highest BCUT2D eigenvalue weighted by atomic mass is 32.1. The maximum atomic E-state index is 12.1. The highest BCUT2D eigenvalue weighted by Crippen LogP contribution is 2.14. The van der Waals surface area contributed by atoms with Crippen molar-refractivity contribution in [2.75, 3.05) is 0 Å². The summed E-state index contributed by atoms with van der Waals surface area (Å²) >= 11 is 6.66. The maximum Gasteiger partial charge on any atom is 0.272 e. The van der Waals surface area contributed by atoms with Crippen LogP contribution in [0, 0.1) is 10.7 Å². The van der Waals surface area contributed by atoms with Gasteiger partial charge in [-0.1, -0.05) is 13.8 Å². The van der Waals surface area contributed by atoms with E-state index in [4.69, 9.17) is 12.2 Å². The summed E-state index contributed by atoms with van der Waals surface area (Å²) in [6.07, 6.45) is 0.967. The van der Waals surface area contributed by atoms with Crippen LogP contribution in [0.3, 0.4) is 0 Å². The Bertz CT molecular complexity index is 606. The normalized spacial score (nSPS) is 11.4. The quantitative estimate of drug-likeness (QED) is 0.854. The SMILES string of the molecule is CC(C)CCn1c(=S)[nH]c2ccsc2c1=O. The molecule has 0 unspecified atom stereocenters. The van der Waals surface area contributed by atoms with E-state index < -0.39 is 0 Å². The molecule has 0 aliphatic heterocycles. The first-order valence-electron chi connectivity index (χ1n) is 5.30. The van der Waals surface area contributed by atoms with Gasteiger partial charge in [0.1, 0.15) is 4.70 Å². The second-order valence-corrected chi connectivity index (χ2v) is 5.54. The van der Waals surface area contributed by atoms with E-state index in [1.54, 1.807) is 4.57 Å². The van der Waals surface area contributed by atoms with Gasteiger partial charge in [0.15, 0.2) is 4.77 Å². The number of nitrogens with one attached hydrogen (secondary N) is 1. The molecule has 0 amide bonds. The van der Waals surface area contributed by atoms with Gasteiger partial charge in [-0.15, -0.1) is 11.3 Å². The summed E-state index contributed by atoms with van der Waals surface area (Å²) in [4.78, 5) is 15.2. The molecule has 5 heteroatoms. The van der Waals surface area contributed by atoms with E-state index in [1.165, 1.54) is 11.3 Å². The Morgan fingerprint density at radius 2 is 2.31 bits per heavy atom. The third-order valence-corrected chi connectivity index (χ3v) is 3.75. The molecular weight excluding hydrogens is 240 g/mol. The molecule has 1 N–H and O–H groups in total. The fourth-order valence-electron chi connectivity index (χ4n) is 1.56. The summed E-state index contributed by atoms with van der Waals surface area (Å²) in [6.45, 7) is 4.97. The first kappa shape index (κ1) is 11.5. The van der Waals surface area contributed by atoms with Gasteiger partial charge in [-0.2, -0.15) is 0 Å². The number of H-pyrrole nitrogens is 1. The van der Waals surface area contributed by atoms with Crippen molar-refractivity contribution in [1.82, 2.24) is 9.55 Å². The van der Waals surface area contributed by atoms with Crippen LogP contribution in [-0.2, 0) is 6.54 Å². The zero-order valence-electron chi connectivity index (χ0n) is 9.32. The van der Waals surface area contributed by atoms with Crippen LogP contribution in [0.5, 0.6) is 0 Å². The van der Waals surface area contributed by atoms with Crippen molar-refractivity contribution in [3.63, 3.8) is 0 Å². The number of fused-ring (bicyclic) bond motifs is 1. The van der Waals surface area contributed by atoms with Crippen molar-refractivity contribution < 1.29 is 0 Å². The molecule has 0 radical (unpaired) electrons. The van der Waals surface area contributed by atoms with Gasteiger partial charge in [0.05, 0.1) is 5.52 Å². The lowest BCUT2D eigenvalue weighted by molar-refractivity contribution is 0.503. The standard InChI is InChI=1S/C11H14N2OS2/c1-7(2)3-5-13-10(14)9-8(4-6-16-9)12-11(13)15/h4,6-7H,3,5H2,1-2H3,(H,12,15). The van der Waals surface area contributed by atoms with Crippen LogP contribution in [0.25, 0.3) is 10.2 Å². The smallest absolute Gasteiger partial charge is 0.272 e. The number of aromatic nitrogens is 2. The van der Waals surface area contributed by atoms with Gasteiger partial charge in [0.25, 0.3) is 5.56 Å². The molecule has 0 aromatic carbocycles. The van der Waals surface area contributed by atoms with Crippen LogP contribution in [0.1, 0.15) is 20.3 Å². The second-order valence-electron chi connectivity index (χ2n) is 4.23. The molecular formula is C11H14N2OS2. The topological polar surface area (TPSA) is 37.8 Å². The molecule has 0 bridgehead atoms. The van der Waals surface area contributed by atoms with Crippen LogP contribution >= 0.6 is 23.6 Å². The van der Waals surface area contributed by atoms with Crippen LogP contribution < -0.4 is 5.56 Å². The minimum atomic E-state index is 0.0365. The predicted molar refractivity (Wildman–Crippen MR) is 70.7 cm³/mol. The summed E-state index contributed by atoms with van der Waals surface area (Å²) in [5, 5.41) is 1.91. The second kappa shape index (κ2) is 4.51. The van der Waals surface area contributed by atoms with Gasteiger partial charge in [0, 0.05) is 6.54 Å². The van der Waals surface area contributed by atoms with Crippen molar-refractivity contribution in [3.8, 4) is 0 Å². The number of hydrogen-bond acceptors (Lipinski definition) is 3. The lowest BCUT2D eigenvalue weighted by atomic mass is 10.1. The van der Waals surface area contributed by atoms with Crippen molar-refractivity contribution in [1.29, 1.82) is 0 Å². The Hall–Kier alpha value is -0.940. The van der Waals surface area contributed by atoms with E-state index in [2.05, 4.69) is 18.8 Å². The molecule has 2 heterocycles. The highest BCUT2D eigenvalue weighted by molar-refractivity contribution is 7.71. The van der Waals surface area contributed by atoms with Gasteiger partial charge >= 0.3 is 0 Å². The number of hydrogen-bond donors (Lipinski definition) is 1. The fourth-order valence-corrected chi connectivity index (χ4v) is 2.64. The van der Waals surface area contributed by atoms with Gasteiger partial charge in [-0.3, -0.25) is 9.36 Å². The first-order valence-corrected chi connectivity index (χ1v) is 6.58.